The van der Waals surface area contributed by atoms with E-state index in [0.29, 0.717) is 11.1 Å². The number of aromatic nitrogens is 1. The van der Waals surface area contributed by atoms with Gasteiger partial charge in [-0.1, -0.05) is 19.0 Å². The summed E-state index contributed by atoms with van der Waals surface area (Å²) in [5.74, 6) is 0.594. The van der Waals surface area contributed by atoms with E-state index in [1.165, 1.54) is 5.56 Å². The number of hydroxylamine groups is 2. The van der Waals surface area contributed by atoms with Crippen LogP contribution in [-0.2, 0) is 4.84 Å². The van der Waals surface area contributed by atoms with Crippen LogP contribution in [0, 0.1) is 0 Å². The van der Waals surface area contributed by atoms with Crippen LogP contribution in [0.15, 0.2) is 18.3 Å². The molecule has 0 saturated carbocycles. The number of halogens is 1. The molecule has 0 aromatic carbocycles. The molecule has 0 unspecified atom stereocenters. The quantitative estimate of drug-likeness (QED) is 0.746. The van der Waals surface area contributed by atoms with Gasteiger partial charge in [0.1, 0.15) is 5.15 Å². The lowest BCUT2D eigenvalue weighted by atomic mass is 9.91. The van der Waals surface area contributed by atoms with E-state index < -0.39 is 0 Å². The predicted molar refractivity (Wildman–Crippen MR) is 66.5 cm³/mol. The van der Waals surface area contributed by atoms with Gasteiger partial charge in [0.2, 0.25) is 0 Å². The van der Waals surface area contributed by atoms with E-state index >= 15 is 0 Å². The molecule has 1 aromatic rings. The van der Waals surface area contributed by atoms with Crippen LogP contribution < -0.4 is 0 Å². The molecule has 3 nitrogen and oxygen atoms in total. The van der Waals surface area contributed by atoms with E-state index in [-0.39, 0.29) is 7.43 Å². The number of pyridine rings is 1. The minimum atomic E-state index is 0. The van der Waals surface area contributed by atoms with Crippen LogP contribution in [-0.4, -0.2) is 30.2 Å². The lowest BCUT2D eigenvalue weighted by Crippen LogP contribution is -2.31. The first-order chi connectivity index (χ1) is 7.29. The molecule has 1 saturated heterocycles. The second-order valence-corrected chi connectivity index (χ2v) is 4.19. The van der Waals surface area contributed by atoms with Crippen LogP contribution in [0.1, 0.15) is 31.7 Å². The summed E-state index contributed by atoms with van der Waals surface area (Å²) >= 11 is 5.87. The van der Waals surface area contributed by atoms with Crippen LogP contribution >= 0.6 is 11.6 Å². The third kappa shape index (κ3) is 3.17. The van der Waals surface area contributed by atoms with Crippen molar-refractivity contribution in [2.45, 2.75) is 26.2 Å². The fourth-order valence-electron chi connectivity index (χ4n) is 2.04. The van der Waals surface area contributed by atoms with Gasteiger partial charge in [-0.15, -0.1) is 0 Å². The largest absolute Gasteiger partial charge is 0.302 e. The van der Waals surface area contributed by atoms with Crippen LogP contribution in [0.2, 0.25) is 5.15 Å². The molecule has 0 N–H and O–H groups in total. The Balaban J connectivity index is 0.00000128. The number of piperidine rings is 1. The SMILES string of the molecule is C.CON1CCC(c2ccnc(Cl)c2)CC1. The zero-order chi connectivity index (χ0) is 10.7. The Kier molecular flexibility index (Phi) is 5.19. The minimum Gasteiger partial charge on any atom is -0.302 e. The van der Waals surface area contributed by atoms with Crippen molar-refractivity contribution >= 4 is 11.6 Å². The molecule has 2 rings (SSSR count). The molecule has 1 aliphatic rings. The summed E-state index contributed by atoms with van der Waals surface area (Å²) in [5.41, 5.74) is 1.30. The van der Waals surface area contributed by atoms with E-state index in [9.17, 15) is 0 Å². The van der Waals surface area contributed by atoms with Crippen molar-refractivity contribution in [3.05, 3.63) is 29.0 Å². The van der Waals surface area contributed by atoms with Gasteiger partial charge in [-0.25, -0.2) is 4.98 Å². The van der Waals surface area contributed by atoms with Crippen molar-refractivity contribution < 1.29 is 4.84 Å². The Morgan fingerprint density at radius 3 is 2.69 bits per heavy atom. The fourth-order valence-corrected chi connectivity index (χ4v) is 2.23. The number of hydrogen-bond donors (Lipinski definition) is 0. The van der Waals surface area contributed by atoms with E-state index in [4.69, 9.17) is 16.4 Å². The Hall–Kier alpha value is -0.640. The number of nitrogens with zero attached hydrogens (tertiary/aromatic N) is 2. The molecule has 0 radical (unpaired) electrons. The van der Waals surface area contributed by atoms with Crippen molar-refractivity contribution in [1.82, 2.24) is 10.0 Å². The lowest BCUT2D eigenvalue weighted by molar-refractivity contribution is -0.143. The zero-order valence-electron chi connectivity index (χ0n) is 8.82. The molecular weight excluding hydrogens is 224 g/mol. The first kappa shape index (κ1) is 13.4. The summed E-state index contributed by atoms with van der Waals surface area (Å²) in [6.07, 6.45) is 4.02. The maximum atomic E-state index is 5.87. The Morgan fingerprint density at radius 1 is 1.44 bits per heavy atom. The van der Waals surface area contributed by atoms with Crippen molar-refractivity contribution in [3.63, 3.8) is 0 Å². The summed E-state index contributed by atoms with van der Waals surface area (Å²) in [4.78, 5) is 9.19. The van der Waals surface area contributed by atoms with Gasteiger partial charge in [0.15, 0.2) is 0 Å². The van der Waals surface area contributed by atoms with E-state index in [1.807, 2.05) is 11.1 Å². The molecule has 1 fully saturated rings. The normalized spacial score (nSPS) is 18.1. The highest BCUT2D eigenvalue weighted by molar-refractivity contribution is 6.29. The third-order valence-corrected chi connectivity index (χ3v) is 3.14. The van der Waals surface area contributed by atoms with Crippen LogP contribution in [0.25, 0.3) is 0 Å². The molecule has 0 amide bonds. The Morgan fingerprint density at radius 2 is 2.12 bits per heavy atom. The van der Waals surface area contributed by atoms with Gasteiger partial charge in [0.25, 0.3) is 0 Å². The highest BCUT2D eigenvalue weighted by Crippen LogP contribution is 2.28. The van der Waals surface area contributed by atoms with E-state index in [0.717, 1.165) is 25.9 Å². The average molecular weight is 243 g/mol. The van der Waals surface area contributed by atoms with Gasteiger partial charge in [-0.3, -0.25) is 0 Å². The second-order valence-electron chi connectivity index (χ2n) is 3.80. The van der Waals surface area contributed by atoms with Crippen LogP contribution in [0.5, 0.6) is 0 Å². The fraction of sp³-hybridized carbons (Fsp3) is 0.583. The van der Waals surface area contributed by atoms with E-state index in [1.54, 1.807) is 13.3 Å². The van der Waals surface area contributed by atoms with Gasteiger partial charge in [-0.2, -0.15) is 5.06 Å². The van der Waals surface area contributed by atoms with Gasteiger partial charge >= 0.3 is 0 Å². The lowest BCUT2D eigenvalue weighted by Gasteiger charge is -2.30. The topological polar surface area (TPSA) is 25.4 Å². The summed E-state index contributed by atoms with van der Waals surface area (Å²) in [7, 11) is 1.73. The summed E-state index contributed by atoms with van der Waals surface area (Å²) in [6, 6.07) is 4.02. The molecule has 0 spiro atoms. The molecule has 0 aliphatic carbocycles. The Labute approximate surface area is 102 Å². The number of rotatable bonds is 2. The zero-order valence-corrected chi connectivity index (χ0v) is 9.57. The van der Waals surface area contributed by atoms with Crippen molar-refractivity contribution in [1.29, 1.82) is 0 Å². The molecule has 16 heavy (non-hydrogen) atoms. The number of hydrogen-bond acceptors (Lipinski definition) is 3. The molecule has 90 valence electrons. The highest BCUT2D eigenvalue weighted by Gasteiger charge is 2.20. The average Bonchev–Trinajstić information content (AvgIpc) is 2.29. The molecule has 0 bridgehead atoms. The van der Waals surface area contributed by atoms with Crippen molar-refractivity contribution in [2.24, 2.45) is 0 Å². The standard InChI is InChI=1S/C11H15ClN2O.CH4/c1-15-14-6-3-9(4-7-14)10-2-5-13-11(12)8-10;/h2,5,8-9H,3-4,6-7H2,1H3;1H4. The van der Waals surface area contributed by atoms with Gasteiger partial charge in [0.05, 0.1) is 7.11 Å². The van der Waals surface area contributed by atoms with Gasteiger partial charge in [0, 0.05) is 19.3 Å². The minimum absolute atomic E-state index is 0. The van der Waals surface area contributed by atoms with Crippen LogP contribution in [0.4, 0.5) is 0 Å². The molecule has 1 aliphatic heterocycles. The summed E-state index contributed by atoms with van der Waals surface area (Å²) < 4.78 is 0. The predicted octanol–water partition coefficient (Wildman–Crippen LogP) is 3.11. The highest BCUT2D eigenvalue weighted by atomic mass is 35.5. The van der Waals surface area contributed by atoms with Gasteiger partial charge < -0.3 is 4.84 Å². The summed E-state index contributed by atoms with van der Waals surface area (Å²) in [5, 5.41) is 2.58. The van der Waals surface area contributed by atoms with E-state index in [2.05, 4.69) is 11.1 Å². The third-order valence-electron chi connectivity index (χ3n) is 2.93. The van der Waals surface area contributed by atoms with Gasteiger partial charge in [-0.05, 0) is 36.5 Å². The molecule has 2 heterocycles. The monoisotopic (exact) mass is 242 g/mol. The van der Waals surface area contributed by atoms with Crippen LogP contribution in [0.3, 0.4) is 0 Å². The maximum Gasteiger partial charge on any atom is 0.129 e. The second kappa shape index (κ2) is 6.18. The molecular formula is C12H19ClN2O. The van der Waals surface area contributed by atoms with Crippen molar-refractivity contribution in [3.8, 4) is 0 Å². The Bertz CT molecular complexity index is 325. The molecule has 4 heteroatoms. The molecule has 1 aromatic heterocycles. The smallest absolute Gasteiger partial charge is 0.129 e. The first-order valence-electron chi connectivity index (χ1n) is 5.20. The summed E-state index contributed by atoms with van der Waals surface area (Å²) in [6.45, 7) is 1.97. The molecule has 0 atom stereocenters. The maximum absolute atomic E-state index is 5.87. The van der Waals surface area contributed by atoms with Crippen molar-refractivity contribution in [2.75, 3.05) is 20.2 Å². The first-order valence-corrected chi connectivity index (χ1v) is 5.58.